The van der Waals surface area contributed by atoms with Gasteiger partial charge in [0.15, 0.2) is 6.04 Å². The number of hydrogen-bond donors (Lipinski definition) is 2. The van der Waals surface area contributed by atoms with Crippen molar-refractivity contribution in [2.24, 2.45) is 0 Å². The van der Waals surface area contributed by atoms with Crippen LogP contribution in [0.25, 0.3) is 6.08 Å². The Bertz CT molecular complexity index is 773. The summed E-state index contributed by atoms with van der Waals surface area (Å²) in [7, 11) is 1.29. The molecule has 1 atom stereocenters. The number of nitrogens with zero attached hydrogens (tertiary/aromatic N) is 1. The average molecular weight is 338 g/mol. The molecule has 25 heavy (non-hydrogen) atoms. The van der Waals surface area contributed by atoms with Gasteiger partial charge in [0.2, 0.25) is 0 Å². The molecule has 0 aliphatic heterocycles. The lowest BCUT2D eigenvalue weighted by molar-refractivity contribution is -0.139. The van der Waals surface area contributed by atoms with Crippen molar-refractivity contribution in [3.8, 4) is 0 Å². The third-order valence-corrected chi connectivity index (χ3v) is 3.50. The Morgan fingerprint density at radius 2 is 1.56 bits per heavy atom. The first-order chi connectivity index (χ1) is 12.0. The van der Waals surface area contributed by atoms with Crippen molar-refractivity contribution >= 4 is 24.0 Å². The number of benzene rings is 2. The Morgan fingerprint density at radius 1 is 1.00 bits per heavy atom. The van der Waals surface area contributed by atoms with Gasteiger partial charge in [-0.3, -0.25) is 9.69 Å². The molecule has 0 fully saturated rings. The number of nitrogens with one attached hydrogen (secondary N) is 1. The summed E-state index contributed by atoms with van der Waals surface area (Å²) in [6.45, 7) is 0. The van der Waals surface area contributed by atoms with Crippen LogP contribution in [0.3, 0.4) is 0 Å². The molecule has 128 valence electrons. The summed E-state index contributed by atoms with van der Waals surface area (Å²) >= 11 is 0. The number of urea groups is 1. The minimum Gasteiger partial charge on any atom is -0.479 e. The molecule has 0 heterocycles. The predicted octanol–water partition coefficient (Wildman–Crippen LogP) is 2.69. The second kappa shape index (κ2) is 8.44. The monoisotopic (exact) mass is 338 g/mol. The van der Waals surface area contributed by atoms with E-state index in [1.54, 1.807) is 36.4 Å². The molecule has 0 radical (unpaired) electrons. The summed E-state index contributed by atoms with van der Waals surface area (Å²) in [5, 5.41) is 11.7. The zero-order valence-corrected chi connectivity index (χ0v) is 13.6. The van der Waals surface area contributed by atoms with Crippen molar-refractivity contribution in [2.75, 3.05) is 7.05 Å². The van der Waals surface area contributed by atoms with Crippen molar-refractivity contribution in [3.05, 3.63) is 77.9 Å². The largest absolute Gasteiger partial charge is 0.479 e. The number of imide groups is 1. The maximum atomic E-state index is 12.2. The lowest BCUT2D eigenvalue weighted by Crippen LogP contribution is -2.44. The van der Waals surface area contributed by atoms with Crippen molar-refractivity contribution in [3.63, 3.8) is 0 Å². The van der Waals surface area contributed by atoms with Gasteiger partial charge in [-0.05, 0) is 17.2 Å². The number of carboxylic acids is 1. The fourth-order valence-corrected chi connectivity index (χ4v) is 2.10. The molecule has 6 heteroatoms. The van der Waals surface area contributed by atoms with Gasteiger partial charge in [0, 0.05) is 13.1 Å². The first-order valence-corrected chi connectivity index (χ1v) is 7.58. The quantitative estimate of drug-likeness (QED) is 0.821. The van der Waals surface area contributed by atoms with E-state index in [-0.39, 0.29) is 0 Å². The minimum absolute atomic E-state index is 0.420. The van der Waals surface area contributed by atoms with Gasteiger partial charge in [0.05, 0.1) is 0 Å². The van der Waals surface area contributed by atoms with E-state index in [0.717, 1.165) is 10.5 Å². The zero-order valence-electron chi connectivity index (χ0n) is 13.6. The molecular formula is C19H18N2O4. The van der Waals surface area contributed by atoms with Crippen LogP contribution in [-0.4, -0.2) is 35.0 Å². The molecular weight excluding hydrogens is 320 g/mol. The van der Waals surface area contributed by atoms with Gasteiger partial charge >= 0.3 is 12.0 Å². The Balaban J connectivity index is 2.04. The summed E-state index contributed by atoms with van der Waals surface area (Å²) in [5.74, 6) is -1.77. The smallest absolute Gasteiger partial charge is 0.330 e. The van der Waals surface area contributed by atoms with Crippen LogP contribution in [0.15, 0.2) is 66.7 Å². The zero-order chi connectivity index (χ0) is 18.2. The van der Waals surface area contributed by atoms with E-state index in [1.165, 1.54) is 13.1 Å². The average Bonchev–Trinajstić information content (AvgIpc) is 2.64. The Hall–Kier alpha value is -3.41. The highest BCUT2D eigenvalue weighted by molar-refractivity contribution is 6.02. The lowest BCUT2D eigenvalue weighted by Gasteiger charge is -2.19. The third kappa shape index (κ3) is 5.04. The van der Waals surface area contributed by atoms with Crippen LogP contribution in [0.2, 0.25) is 0 Å². The Kier molecular flexibility index (Phi) is 6.06. The molecule has 0 saturated carbocycles. The van der Waals surface area contributed by atoms with Crippen molar-refractivity contribution < 1.29 is 19.5 Å². The molecule has 3 amide bonds. The molecule has 2 rings (SSSR count). The number of carbonyl (C=O) groups is 3. The van der Waals surface area contributed by atoms with Gasteiger partial charge in [-0.25, -0.2) is 9.59 Å². The molecule has 0 aliphatic carbocycles. The molecule has 2 N–H and O–H groups in total. The number of amides is 3. The standard InChI is InChI=1S/C19H18N2O4/c1-21(16(22)13-12-14-8-4-2-5-9-14)19(25)20-17(18(23)24)15-10-6-3-7-11-15/h2-13,17H,1H3,(H,20,25)(H,23,24). The molecule has 0 bridgehead atoms. The Morgan fingerprint density at radius 3 is 2.12 bits per heavy atom. The van der Waals surface area contributed by atoms with E-state index >= 15 is 0 Å². The summed E-state index contributed by atoms with van der Waals surface area (Å²) in [4.78, 5) is 36.5. The summed E-state index contributed by atoms with van der Waals surface area (Å²) in [6.07, 6.45) is 2.84. The maximum Gasteiger partial charge on any atom is 0.330 e. The second-order valence-corrected chi connectivity index (χ2v) is 5.27. The highest BCUT2D eigenvalue weighted by atomic mass is 16.4. The molecule has 0 aromatic heterocycles. The maximum absolute atomic E-state index is 12.2. The van der Waals surface area contributed by atoms with Crippen molar-refractivity contribution in [2.45, 2.75) is 6.04 Å². The number of rotatable bonds is 5. The SMILES string of the molecule is CN(C(=O)C=Cc1ccccc1)C(=O)NC(C(=O)O)c1ccccc1. The van der Waals surface area contributed by atoms with E-state index in [0.29, 0.717) is 5.56 Å². The third-order valence-electron chi connectivity index (χ3n) is 3.50. The van der Waals surface area contributed by atoms with Gasteiger partial charge in [-0.2, -0.15) is 0 Å². The summed E-state index contributed by atoms with van der Waals surface area (Å²) in [5.41, 5.74) is 1.24. The van der Waals surface area contributed by atoms with Crippen LogP contribution in [0.1, 0.15) is 17.2 Å². The highest BCUT2D eigenvalue weighted by Gasteiger charge is 2.25. The van der Waals surface area contributed by atoms with Crippen LogP contribution < -0.4 is 5.32 Å². The molecule has 2 aromatic rings. The fourth-order valence-electron chi connectivity index (χ4n) is 2.10. The van der Waals surface area contributed by atoms with Crippen molar-refractivity contribution in [1.29, 1.82) is 0 Å². The number of carboxylic acid groups (broad SMARTS) is 1. The Labute approximate surface area is 145 Å². The van der Waals surface area contributed by atoms with Gasteiger partial charge in [-0.1, -0.05) is 60.7 Å². The molecule has 0 saturated heterocycles. The van der Waals surface area contributed by atoms with Crippen LogP contribution in [0.5, 0.6) is 0 Å². The van der Waals surface area contributed by atoms with Gasteiger partial charge < -0.3 is 10.4 Å². The van der Waals surface area contributed by atoms with Crippen LogP contribution in [0.4, 0.5) is 4.79 Å². The van der Waals surface area contributed by atoms with Gasteiger partial charge in [0.25, 0.3) is 5.91 Å². The number of carbonyl (C=O) groups excluding carboxylic acids is 2. The number of likely N-dealkylation sites (N-methyl/N-ethyl adjacent to an activating group) is 1. The van der Waals surface area contributed by atoms with Crippen LogP contribution in [-0.2, 0) is 9.59 Å². The van der Waals surface area contributed by atoms with E-state index in [4.69, 9.17) is 0 Å². The summed E-state index contributed by atoms with van der Waals surface area (Å²) in [6, 6.07) is 15.4. The number of hydrogen-bond acceptors (Lipinski definition) is 3. The normalized spacial score (nSPS) is 11.7. The lowest BCUT2D eigenvalue weighted by atomic mass is 10.1. The van der Waals surface area contributed by atoms with E-state index in [1.807, 2.05) is 30.3 Å². The van der Waals surface area contributed by atoms with E-state index < -0.39 is 23.9 Å². The van der Waals surface area contributed by atoms with Gasteiger partial charge in [-0.15, -0.1) is 0 Å². The molecule has 1 unspecified atom stereocenters. The molecule has 0 spiro atoms. The molecule has 0 aliphatic rings. The minimum atomic E-state index is -1.23. The van der Waals surface area contributed by atoms with Gasteiger partial charge in [0.1, 0.15) is 0 Å². The first-order valence-electron chi connectivity index (χ1n) is 7.58. The fraction of sp³-hybridized carbons (Fsp3) is 0.105. The van der Waals surface area contributed by atoms with Crippen molar-refractivity contribution in [1.82, 2.24) is 10.2 Å². The predicted molar refractivity (Wildman–Crippen MR) is 93.6 cm³/mol. The van der Waals surface area contributed by atoms with Crippen LogP contribution >= 0.6 is 0 Å². The number of aliphatic carboxylic acids is 1. The second-order valence-electron chi connectivity index (χ2n) is 5.27. The highest BCUT2D eigenvalue weighted by Crippen LogP contribution is 2.13. The van der Waals surface area contributed by atoms with E-state index in [9.17, 15) is 19.5 Å². The topological polar surface area (TPSA) is 86.7 Å². The summed E-state index contributed by atoms with van der Waals surface area (Å²) < 4.78 is 0. The molecule has 2 aromatic carbocycles. The molecule has 6 nitrogen and oxygen atoms in total. The van der Waals surface area contributed by atoms with Crippen LogP contribution in [0, 0.1) is 0 Å². The first kappa shape index (κ1) is 17.9. The van der Waals surface area contributed by atoms with E-state index in [2.05, 4.69) is 5.32 Å².